The number of hydrogen-bond donors (Lipinski definition) is 0. The Morgan fingerprint density at radius 1 is 1.06 bits per heavy atom. The van der Waals surface area contributed by atoms with Crippen LogP contribution in [0.4, 0.5) is 0 Å². The molecule has 0 aliphatic heterocycles. The van der Waals surface area contributed by atoms with Crippen molar-refractivity contribution < 1.29 is 70.4 Å². The fourth-order valence-electron chi connectivity index (χ4n) is 3.41. The summed E-state index contributed by atoms with van der Waals surface area (Å²) in [6, 6.07) is 18.0. The van der Waals surface area contributed by atoms with Crippen LogP contribution in [0.3, 0.4) is 0 Å². The largest absolute Gasteiger partial charge is 1.00 e. The number of rotatable bonds is 6. The topological polar surface area (TPSA) is 75.4 Å². The summed E-state index contributed by atoms with van der Waals surface area (Å²) in [7, 11) is 0. The van der Waals surface area contributed by atoms with Crippen molar-refractivity contribution in [2.24, 2.45) is 0 Å². The summed E-state index contributed by atoms with van der Waals surface area (Å²) >= 11 is 0. The predicted molar refractivity (Wildman–Crippen MR) is 115 cm³/mol. The monoisotopic (exact) mass is 441 g/mol. The van der Waals surface area contributed by atoms with Crippen LogP contribution < -0.4 is 61.2 Å². The van der Waals surface area contributed by atoms with E-state index < -0.39 is 5.97 Å². The molecule has 0 atom stereocenters. The van der Waals surface area contributed by atoms with Crippen molar-refractivity contribution in [1.82, 2.24) is 4.98 Å². The third-order valence-corrected chi connectivity index (χ3v) is 5.11. The van der Waals surface area contributed by atoms with Crippen LogP contribution >= 0.6 is 0 Å². The molecule has 0 unspecified atom stereocenters. The van der Waals surface area contributed by atoms with E-state index in [9.17, 15) is 9.90 Å². The Labute approximate surface area is 224 Å². The van der Waals surface area contributed by atoms with Gasteiger partial charge in [0, 0.05) is 5.97 Å². The Hall–Kier alpha value is -1.70. The first kappa shape index (κ1) is 23.9. The molecule has 0 saturated heterocycles. The zero-order chi connectivity index (χ0) is 21.3. The number of carbonyl (C=O) groups is 1. The minimum absolute atomic E-state index is 0. The maximum atomic E-state index is 10.7. The quantitative estimate of drug-likeness (QED) is 0.337. The van der Waals surface area contributed by atoms with Crippen molar-refractivity contribution in [3.8, 4) is 17.2 Å². The zero-order valence-electron chi connectivity index (χ0n) is 18.4. The summed E-state index contributed by atoms with van der Waals surface area (Å²) < 4.78 is 12.0. The average Bonchev–Trinajstić information content (AvgIpc) is 3.13. The number of benzene rings is 3. The fraction of sp³-hybridized carbons (Fsp3) is 0.280. The third kappa shape index (κ3) is 5.57. The summed E-state index contributed by atoms with van der Waals surface area (Å²) in [6.45, 7) is 6.76. The maximum Gasteiger partial charge on any atom is 1.00 e. The number of fused-ring (bicyclic) bond motifs is 2. The molecule has 0 spiro atoms. The van der Waals surface area contributed by atoms with Crippen molar-refractivity contribution >= 4 is 27.8 Å². The molecule has 3 aromatic carbocycles. The molecule has 0 amide bonds. The molecule has 31 heavy (non-hydrogen) atoms. The van der Waals surface area contributed by atoms with E-state index in [1.807, 2.05) is 42.5 Å². The molecule has 4 aromatic rings. The van der Waals surface area contributed by atoms with Gasteiger partial charge in [-0.2, -0.15) is 0 Å². The Bertz CT molecular complexity index is 1220. The van der Waals surface area contributed by atoms with Crippen LogP contribution in [0.2, 0.25) is 0 Å². The molecule has 0 radical (unpaired) electrons. The normalized spacial score (nSPS) is 11.5. The number of aromatic nitrogens is 1. The molecule has 0 fully saturated rings. The number of carbonyl (C=O) groups excluding carboxylic acids is 1. The van der Waals surface area contributed by atoms with Gasteiger partial charge in [0.05, 0.1) is 12.2 Å². The third-order valence-electron chi connectivity index (χ3n) is 5.11. The minimum Gasteiger partial charge on any atom is -0.550 e. The van der Waals surface area contributed by atoms with Gasteiger partial charge in [-0.3, -0.25) is 0 Å². The van der Waals surface area contributed by atoms with Gasteiger partial charge in [-0.05, 0) is 58.9 Å². The van der Waals surface area contributed by atoms with Crippen molar-refractivity contribution in [2.45, 2.75) is 39.0 Å². The van der Waals surface area contributed by atoms with Crippen LogP contribution in [-0.2, 0) is 10.2 Å². The van der Waals surface area contributed by atoms with Crippen molar-refractivity contribution in [3.05, 3.63) is 60.2 Å². The van der Waals surface area contributed by atoms with Gasteiger partial charge in [-0.25, -0.2) is 4.98 Å². The Balaban J connectivity index is 0.00000272. The molecule has 0 bridgehead atoms. The van der Waals surface area contributed by atoms with Gasteiger partial charge < -0.3 is 19.1 Å². The second-order valence-electron chi connectivity index (χ2n) is 8.47. The first-order chi connectivity index (χ1) is 14.3. The fourth-order valence-corrected chi connectivity index (χ4v) is 3.41. The van der Waals surface area contributed by atoms with E-state index in [-0.39, 0.29) is 69.8 Å². The van der Waals surface area contributed by atoms with Crippen LogP contribution in [0.5, 0.6) is 5.75 Å². The standard InChI is InChI=1S/C25H25NO4.K/c1-25(2,3)18-10-11-21-20(15-18)26-24(30-21)19-13-16-7-4-5-8-17(16)14-22(19)29-12-6-9-23(27)28;/h4-5,7-8,10-11,13-15H,6,9,12H2,1-3H3,(H,27,28);/q;+1/p-1. The number of oxazole rings is 1. The number of carboxylic acids is 1. The van der Waals surface area contributed by atoms with Gasteiger partial charge >= 0.3 is 51.4 Å². The van der Waals surface area contributed by atoms with E-state index >= 15 is 0 Å². The van der Waals surface area contributed by atoms with E-state index in [1.165, 1.54) is 5.56 Å². The Morgan fingerprint density at radius 3 is 2.45 bits per heavy atom. The van der Waals surface area contributed by atoms with Gasteiger partial charge in [-0.1, -0.05) is 51.1 Å². The first-order valence-corrected chi connectivity index (χ1v) is 10.1. The van der Waals surface area contributed by atoms with E-state index in [2.05, 4.69) is 32.9 Å². The summed E-state index contributed by atoms with van der Waals surface area (Å²) in [5, 5.41) is 12.8. The summed E-state index contributed by atoms with van der Waals surface area (Å²) in [5.41, 5.74) is 3.47. The molecule has 5 nitrogen and oxygen atoms in total. The Kier molecular flexibility index (Phi) is 7.60. The van der Waals surface area contributed by atoms with Crippen molar-refractivity contribution in [3.63, 3.8) is 0 Å². The zero-order valence-corrected chi connectivity index (χ0v) is 21.5. The van der Waals surface area contributed by atoms with E-state index in [4.69, 9.17) is 14.1 Å². The van der Waals surface area contributed by atoms with E-state index in [1.54, 1.807) is 0 Å². The number of hydrogen-bond acceptors (Lipinski definition) is 5. The molecule has 0 aliphatic carbocycles. The number of ether oxygens (including phenoxy) is 1. The van der Waals surface area contributed by atoms with Crippen LogP contribution in [-0.4, -0.2) is 17.6 Å². The van der Waals surface area contributed by atoms with Gasteiger partial charge in [0.1, 0.15) is 11.3 Å². The van der Waals surface area contributed by atoms with E-state index in [0.29, 0.717) is 23.6 Å². The Morgan fingerprint density at radius 2 is 1.77 bits per heavy atom. The minimum atomic E-state index is -1.08. The molecular formula is C25H24KNO4. The number of aliphatic carboxylic acids is 1. The smallest absolute Gasteiger partial charge is 0.550 e. The van der Waals surface area contributed by atoms with Crippen molar-refractivity contribution in [1.29, 1.82) is 0 Å². The van der Waals surface area contributed by atoms with Crippen LogP contribution in [0.15, 0.2) is 59.0 Å². The molecule has 0 saturated carbocycles. The molecule has 1 heterocycles. The molecule has 0 N–H and O–H groups in total. The summed E-state index contributed by atoms with van der Waals surface area (Å²) in [5.74, 6) is 0.0253. The molecule has 1 aromatic heterocycles. The second kappa shape index (κ2) is 9.84. The number of nitrogens with zero attached hydrogens (tertiary/aromatic N) is 1. The van der Waals surface area contributed by atoms with Crippen LogP contribution in [0.1, 0.15) is 39.2 Å². The van der Waals surface area contributed by atoms with Crippen LogP contribution in [0.25, 0.3) is 33.3 Å². The van der Waals surface area contributed by atoms with Gasteiger partial charge in [0.25, 0.3) is 0 Å². The average molecular weight is 442 g/mol. The summed E-state index contributed by atoms with van der Waals surface area (Å²) in [4.78, 5) is 15.4. The maximum absolute atomic E-state index is 10.7. The first-order valence-electron chi connectivity index (χ1n) is 10.1. The van der Waals surface area contributed by atoms with E-state index in [0.717, 1.165) is 21.9 Å². The van der Waals surface area contributed by atoms with Crippen LogP contribution in [0, 0.1) is 0 Å². The molecule has 0 aliphatic rings. The SMILES string of the molecule is CC(C)(C)c1ccc2oc(-c3cc4ccccc4cc3OCCCC(=O)[O-])nc2c1.[K+]. The van der Waals surface area contributed by atoms with Crippen molar-refractivity contribution in [2.75, 3.05) is 6.61 Å². The van der Waals surface area contributed by atoms with Gasteiger partial charge in [-0.15, -0.1) is 0 Å². The molecule has 4 rings (SSSR count). The second-order valence-corrected chi connectivity index (χ2v) is 8.47. The molecular weight excluding hydrogens is 417 g/mol. The molecule has 6 heteroatoms. The number of carboxylic acid groups (broad SMARTS) is 1. The predicted octanol–water partition coefficient (Wildman–Crippen LogP) is 1.86. The molecule has 154 valence electrons. The summed E-state index contributed by atoms with van der Waals surface area (Å²) in [6.07, 6.45) is 0.332. The van der Waals surface area contributed by atoms with Gasteiger partial charge in [0.2, 0.25) is 5.89 Å². The van der Waals surface area contributed by atoms with Gasteiger partial charge in [0.15, 0.2) is 5.58 Å².